The molecule has 0 unspecified atom stereocenters. The molecule has 12 aromatic rings. The molecule has 0 saturated heterocycles. The molecule has 10 aromatic carbocycles. The molecular weight excluding hydrogens is 961 g/mol. The van der Waals surface area contributed by atoms with Crippen LogP contribution in [0.5, 0.6) is 11.5 Å². The fourth-order valence-electron chi connectivity index (χ4n) is 11.4. The van der Waals surface area contributed by atoms with Crippen molar-refractivity contribution < 1.29 is 8.85 Å². The Labute approximate surface area is 468 Å². The molecule has 0 bridgehead atoms. The molecule has 0 fully saturated rings. The first-order valence-corrected chi connectivity index (χ1v) is 27.2. The summed E-state index contributed by atoms with van der Waals surface area (Å²) in [7, 11) is 0. The van der Waals surface area contributed by atoms with Gasteiger partial charge in [0.2, 0.25) is 0 Å². The summed E-state index contributed by atoms with van der Waals surface area (Å²) < 4.78 is 38.2. The zero-order valence-electron chi connectivity index (χ0n) is 48.4. The lowest BCUT2D eigenvalue weighted by Gasteiger charge is -2.27. The molecule has 3 heterocycles. The van der Waals surface area contributed by atoms with Crippen LogP contribution in [0.1, 0.15) is 56.8 Å². The fourth-order valence-corrected chi connectivity index (χ4v) is 11.4. The highest BCUT2D eigenvalue weighted by Gasteiger charge is 2.32. The van der Waals surface area contributed by atoms with Crippen molar-refractivity contribution >= 4 is 44.6 Å². The van der Waals surface area contributed by atoms with Crippen molar-refractivity contribution in [2.75, 3.05) is 16.5 Å². The third-order valence-corrected chi connectivity index (χ3v) is 15.4. The largest absolute Gasteiger partial charge is 0.457 e. The number of fused-ring (bicyclic) bond motifs is 4. The number of hydrogen-bond acceptors (Lipinski definition) is 4. The van der Waals surface area contributed by atoms with E-state index < -0.39 is 0 Å². The van der Waals surface area contributed by atoms with Crippen LogP contribution in [0.25, 0.3) is 83.3 Å². The van der Waals surface area contributed by atoms with Gasteiger partial charge in [-0.2, -0.15) is 0 Å². The predicted octanol–water partition coefficient (Wildman–Crippen LogP) is 20.1. The van der Waals surface area contributed by atoms with E-state index in [1.807, 2.05) is 48.7 Å². The van der Waals surface area contributed by atoms with Crippen LogP contribution in [0.3, 0.4) is 0 Å². The minimum Gasteiger partial charge on any atom is -0.457 e. The second kappa shape index (κ2) is 19.8. The van der Waals surface area contributed by atoms with Gasteiger partial charge >= 0.3 is 0 Å². The molecular formula is C74H62N4O. The number of para-hydroxylation sites is 3. The van der Waals surface area contributed by atoms with Gasteiger partial charge in [-0.3, -0.25) is 4.57 Å². The second-order valence-corrected chi connectivity index (χ2v) is 22.6. The molecule has 5 heteroatoms. The Morgan fingerprint density at radius 3 is 1.61 bits per heavy atom. The lowest BCUT2D eigenvalue weighted by Crippen LogP contribution is -2.25. The van der Waals surface area contributed by atoms with Gasteiger partial charge in [0.1, 0.15) is 24.0 Å². The lowest BCUT2D eigenvalue weighted by atomic mass is 9.82. The van der Waals surface area contributed by atoms with Crippen LogP contribution in [0, 0.1) is 0 Å². The first-order chi connectivity index (χ1) is 39.7. The van der Waals surface area contributed by atoms with E-state index in [0.29, 0.717) is 18.1 Å². The molecule has 0 atom stereocenters. The van der Waals surface area contributed by atoms with Crippen LogP contribution in [0.4, 0.5) is 22.7 Å². The number of hydrogen-bond donors (Lipinski definition) is 0. The minimum absolute atomic E-state index is 0.00358. The van der Waals surface area contributed by atoms with Crippen LogP contribution in [-0.4, -0.2) is 16.2 Å². The maximum atomic E-state index is 9.66. The quantitative estimate of drug-likeness (QED) is 0.137. The van der Waals surface area contributed by atoms with Gasteiger partial charge in [0, 0.05) is 57.0 Å². The summed E-state index contributed by atoms with van der Waals surface area (Å²) >= 11 is 0. The smallest absolute Gasteiger partial charge is 0.137 e. The summed E-state index contributed by atoms with van der Waals surface area (Å²) in [5, 5.41) is 2.06. The first kappa shape index (κ1) is 45.7. The lowest BCUT2D eigenvalue weighted by molar-refractivity contribution is 0.485. The molecule has 1 aliphatic rings. The van der Waals surface area contributed by atoms with Gasteiger partial charge in [0.25, 0.3) is 0 Å². The van der Waals surface area contributed by atoms with Crippen LogP contribution in [-0.2, 0) is 10.8 Å². The van der Waals surface area contributed by atoms with Gasteiger partial charge in [-0.1, -0.05) is 230 Å². The summed E-state index contributed by atoms with van der Waals surface area (Å²) in [5.41, 5.74) is 17.9. The molecule has 0 radical (unpaired) electrons. The molecule has 1 aliphatic heterocycles. The highest BCUT2D eigenvalue weighted by molar-refractivity contribution is 6.12. The second-order valence-electron chi connectivity index (χ2n) is 22.6. The SMILES string of the molecule is [2H]c1c(Oc2cc3c(cc2-c2ccccc2)c2cc(-c4ccccc4)ccc2n3-c2cc(C(C)(C)C)c(-c3ccccc3)cn2)cc(N2CN(c3c(-c4ccccc4)cccc3-c3ccc(C(C)(C)C)cc3)c3ccccc32)c([2H])c1[2H]. The van der Waals surface area contributed by atoms with Gasteiger partial charge in [-0.15, -0.1) is 0 Å². The van der Waals surface area contributed by atoms with Crippen molar-refractivity contribution in [3.05, 3.63) is 266 Å². The standard InChI is InChI=1S/C74H62N4O/c1-73(2,3)56-40-37-54(38-41-56)60-34-22-33-59(51-25-13-8-14-26-51)72(60)77-49-76(67-35-19-20-36-68(67)77)57-31-21-32-58(44-57)79-70-47-69-63(45-61(70)52-27-15-9-16-28-52)62-43-55(50-23-11-7-12-24-50)39-42-66(62)78(69)71-46-65(74(4,5)6)64(48-75-71)53-29-17-10-18-30-53/h7-48H,49H2,1-6H3/i21D,31D,32D. The van der Waals surface area contributed by atoms with E-state index in [-0.39, 0.29) is 34.7 Å². The molecule has 384 valence electrons. The Bertz CT molecular complexity index is 4380. The van der Waals surface area contributed by atoms with Gasteiger partial charge in [0.15, 0.2) is 0 Å². The van der Waals surface area contributed by atoms with E-state index in [0.717, 1.165) is 100 Å². The van der Waals surface area contributed by atoms with Gasteiger partial charge in [0.05, 0.1) is 32.2 Å². The van der Waals surface area contributed by atoms with Crippen molar-refractivity contribution in [1.29, 1.82) is 0 Å². The summed E-state index contributed by atoms with van der Waals surface area (Å²) in [6, 6.07) is 79.8. The van der Waals surface area contributed by atoms with E-state index in [1.54, 1.807) is 6.07 Å². The Hall–Kier alpha value is -9.45. The van der Waals surface area contributed by atoms with Crippen LogP contribution >= 0.6 is 0 Å². The number of nitrogens with zero attached hydrogens (tertiary/aromatic N) is 4. The zero-order chi connectivity index (χ0) is 56.4. The van der Waals surface area contributed by atoms with E-state index in [1.165, 1.54) is 11.1 Å². The van der Waals surface area contributed by atoms with Gasteiger partial charge in [-0.25, -0.2) is 4.98 Å². The van der Waals surface area contributed by atoms with Crippen molar-refractivity contribution in [2.24, 2.45) is 0 Å². The topological polar surface area (TPSA) is 33.5 Å². The molecule has 0 N–H and O–H groups in total. The zero-order valence-corrected chi connectivity index (χ0v) is 45.4. The summed E-state index contributed by atoms with van der Waals surface area (Å²) in [6.45, 7) is 13.8. The van der Waals surface area contributed by atoms with Crippen LogP contribution in [0.15, 0.2) is 255 Å². The van der Waals surface area contributed by atoms with Crippen LogP contribution in [0.2, 0.25) is 0 Å². The van der Waals surface area contributed by atoms with E-state index in [2.05, 4.69) is 238 Å². The monoisotopic (exact) mass is 1030 g/mol. The minimum atomic E-state index is -0.227. The first-order valence-electron chi connectivity index (χ1n) is 28.7. The normalized spacial score (nSPS) is 13.1. The average molecular weight is 1030 g/mol. The van der Waals surface area contributed by atoms with Crippen molar-refractivity contribution in [3.63, 3.8) is 0 Å². The van der Waals surface area contributed by atoms with E-state index in [4.69, 9.17) is 9.72 Å². The molecule has 79 heavy (non-hydrogen) atoms. The van der Waals surface area contributed by atoms with E-state index in [9.17, 15) is 4.11 Å². The molecule has 0 spiro atoms. The van der Waals surface area contributed by atoms with Crippen molar-refractivity contribution in [1.82, 2.24) is 9.55 Å². The maximum Gasteiger partial charge on any atom is 0.137 e. The van der Waals surface area contributed by atoms with Crippen LogP contribution < -0.4 is 14.5 Å². The number of pyridine rings is 1. The summed E-state index contributed by atoms with van der Waals surface area (Å²) in [4.78, 5) is 9.70. The van der Waals surface area contributed by atoms with Gasteiger partial charge < -0.3 is 14.5 Å². The molecule has 0 saturated carbocycles. The predicted molar refractivity (Wildman–Crippen MR) is 332 cm³/mol. The Balaban J connectivity index is 0.984. The Morgan fingerprint density at radius 1 is 0.443 bits per heavy atom. The number of aromatic nitrogens is 2. The molecule has 0 aliphatic carbocycles. The highest BCUT2D eigenvalue weighted by atomic mass is 16.5. The molecule has 0 amide bonds. The van der Waals surface area contributed by atoms with Crippen molar-refractivity contribution in [2.45, 2.75) is 52.4 Å². The third kappa shape index (κ3) is 9.21. The van der Waals surface area contributed by atoms with E-state index >= 15 is 0 Å². The fraction of sp³-hybridized carbons (Fsp3) is 0.122. The van der Waals surface area contributed by atoms with Crippen molar-refractivity contribution in [3.8, 4) is 73.0 Å². The maximum absolute atomic E-state index is 9.66. The van der Waals surface area contributed by atoms with Gasteiger partial charge in [-0.05, 0) is 104 Å². The number of rotatable bonds is 10. The number of anilines is 4. The molecule has 5 nitrogen and oxygen atoms in total. The summed E-state index contributed by atoms with van der Waals surface area (Å²) in [5.74, 6) is 1.44. The third-order valence-electron chi connectivity index (χ3n) is 15.4. The molecule has 2 aromatic heterocycles. The average Bonchev–Trinajstić information content (AvgIpc) is 3.47. The Kier molecular flexibility index (Phi) is 11.5. The number of benzene rings is 10. The summed E-state index contributed by atoms with van der Waals surface area (Å²) in [6.07, 6.45) is 2.01. The number of ether oxygens (including phenoxy) is 1. The highest BCUT2D eigenvalue weighted by Crippen LogP contribution is 2.51. The molecule has 13 rings (SSSR count). The Morgan fingerprint density at radius 2 is 0.987 bits per heavy atom.